The maximum absolute atomic E-state index is 13.8. The molecule has 0 aliphatic rings. The third-order valence-electron chi connectivity index (χ3n) is 5.05. The zero-order chi connectivity index (χ0) is 24.2. The van der Waals surface area contributed by atoms with Crippen molar-refractivity contribution in [1.29, 1.82) is 0 Å². The van der Waals surface area contributed by atoms with Crippen LogP contribution in [0, 0.1) is 10.1 Å². The van der Waals surface area contributed by atoms with Gasteiger partial charge in [-0.2, -0.15) is 0 Å². The number of nitro benzene ring substituents is 1. The summed E-state index contributed by atoms with van der Waals surface area (Å²) in [5.41, 5.74) is 0.854. The average molecular weight is 481 g/mol. The zero-order valence-electron chi connectivity index (χ0n) is 18.5. The molecule has 0 bridgehead atoms. The van der Waals surface area contributed by atoms with E-state index in [0.717, 1.165) is 10.3 Å². The zero-order valence-corrected chi connectivity index (χ0v) is 19.4. The standard InChI is InChI=1S/C23H20N4O6S/c1-31-15-6-7-17-21(9-15)34-23(25-17)26(13-14-5-4-8-24-12-14)22(28)16-10-19(32-2)20(33-3)11-18(16)27(29)30/h4-12H,13H2,1-3H3. The molecule has 4 rings (SSSR count). The Hall–Kier alpha value is -4.25. The van der Waals surface area contributed by atoms with Crippen molar-refractivity contribution in [3.05, 3.63) is 76.1 Å². The summed E-state index contributed by atoms with van der Waals surface area (Å²) in [5.74, 6) is 0.398. The Bertz CT molecular complexity index is 1360. The summed E-state index contributed by atoms with van der Waals surface area (Å²) >= 11 is 1.28. The number of benzene rings is 2. The van der Waals surface area contributed by atoms with Gasteiger partial charge in [0.05, 0.1) is 49.1 Å². The molecule has 0 aliphatic carbocycles. The van der Waals surface area contributed by atoms with Gasteiger partial charge in [0.2, 0.25) is 0 Å². The van der Waals surface area contributed by atoms with Gasteiger partial charge in [-0.15, -0.1) is 0 Å². The number of anilines is 1. The quantitative estimate of drug-likeness (QED) is 0.268. The van der Waals surface area contributed by atoms with Gasteiger partial charge < -0.3 is 14.2 Å². The van der Waals surface area contributed by atoms with Crippen LogP contribution in [-0.4, -0.2) is 42.1 Å². The van der Waals surface area contributed by atoms with Crippen LogP contribution in [0.1, 0.15) is 15.9 Å². The van der Waals surface area contributed by atoms with Crippen molar-refractivity contribution in [2.75, 3.05) is 26.2 Å². The van der Waals surface area contributed by atoms with Crippen molar-refractivity contribution in [3.63, 3.8) is 0 Å². The molecule has 0 radical (unpaired) electrons. The largest absolute Gasteiger partial charge is 0.497 e. The number of thiazole rings is 1. The van der Waals surface area contributed by atoms with E-state index in [4.69, 9.17) is 14.2 Å². The Kier molecular flexibility index (Phi) is 6.55. The molecular formula is C23H20N4O6S. The van der Waals surface area contributed by atoms with Crippen LogP contribution in [0.25, 0.3) is 10.2 Å². The lowest BCUT2D eigenvalue weighted by atomic mass is 10.1. The molecule has 0 fully saturated rings. The number of carbonyl (C=O) groups excluding carboxylic acids is 1. The van der Waals surface area contributed by atoms with Crippen LogP contribution in [-0.2, 0) is 6.54 Å². The van der Waals surface area contributed by atoms with E-state index >= 15 is 0 Å². The van der Waals surface area contributed by atoms with Gasteiger partial charge in [0.1, 0.15) is 11.3 Å². The summed E-state index contributed by atoms with van der Waals surface area (Å²) in [6, 6.07) is 11.4. The number of methoxy groups -OCH3 is 3. The fourth-order valence-corrected chi connectivity index (χ4v) is 4.36. The topological polar surface area (TPSA) is 117 Å². The maximum Gasteiger partial charge on any atom is 0.286 e. The molecule has 0 atom stereocenters. The van der Waals surface area contributed by atoms with Crippen LogP contribution in [0.5, 0.6) is 17.2 Å². The molecular weight excluding hydrogens is 460 g/mol. The first-order valence-corrected chi connectivity index (χ1v) is 10.8. The molecule has 2 aromatic heterocycles. The first kappa shape index (κ1) is 22.9. The molecule has 4 aromatic rings. The van der Waals surface area contributed by atoms with Crippen molar-refractivity contribution in [2.45, 2.75) is 6.54 Å². The van der Waals surface area contributed by atoms with E-state index in [9.17, 15) is 14.9 Å². The van der Waals surface area contributed by atoms with Gasteiger partial charge in [-0.05, 0) is 29.8 Å². The van der Waals surface area contributed by atoms with E-state index in [1.54, 1.807) is 37.7 Å². The van der Waals surface area contributed by atoms with Gasteiger partial charge in [0.25, 0.3) is 11.6 Å². The molecule has 0 saturated carbocycles. The minimum Gasteiger partial charge on any atom is -0.497 e. The molecule has 174 valence electrons. The number of aromatic nitrogens is 2. The summed E-state index contributed by atoms with van der Waals surface area (Å²) in [7, 11) is 4.33. The van der Waals surface area contributed by atoms with Crippen LogP contribution in [0.15, 0.2) is 54.9 Å². The number of rotatable bonds is 8. The number of carbonyl (C=O) groups is 1. The highest BCUT2D eigenvalue weighted by Crippen LogP contribution is 2.38. The summed E-state index contributed by atoms with van der Waals surface area (Å²) in [6.07, 6.45) is 3.25. The summed E-state index contributed by atoms with van der Waals surface area (Å²) in [5, 5.41) is 12.2. The number of nitrogens with zero attached hydrogens (tertiary/aromatic N) is 4. The van der Waals surface area contributed by atoms with E-state index < -0.39 is 16.5 Å². The van der Waals surface area contributed by atoms with Crippen molar-refractivity contribution in [2.24, 2.45) is 0 Å². The second-order valence-electron chi connectivity index (χ2n) is 7.06. The molecule has 0 saturated heterocycles. The van der Waals surface area contributed by atoms with Gasteiger partial charge in [-0.1, -0.05) is 17.4 Å². The monoisotopic (exact) mass is 480 g/mol. The maximum atomic E-state index is 13.8. The van der Waals surface area contributed by atoms with Crippen molar-refractivity contribution >= 4 is 38.3 Å². The Labute approximate surface area is 198 Å². The minimum atomic E-state index is -0.624. The SMILES string of the molecule is COc1ccc2nc(N(Cc3cccnc3)C(=O)c3cc(OC)c(OC)cc3[N+](=O)[O-])sc2c1. The number of hydrogen-bond acceptors (Lipinski definition) is 9. The molecule has 34 heavy (non-hydrogen) atoms. The lowest BCUT2D eigenvalue weighted by molar-refractivity contribution is -0.385. The third-order valence-corrected chi connectivity index (χ3v) is 6.09. The van der Waals surface area contributed by atoms with E-state index in [1.807, 2.05) is 12.1 Å². The second kappa shape index (κ2) is 9.71. The van der Waals surface area contributed by atoms with Gasteiger partial charge >= 0.3 is 0 Å². The normalized spacial score (nSPS) is 10.7. The van der Waals surface area contributed by atoms with Gasteiger partial charge in [-0.25, -0.2) is 4.98 Å². The molecule has 2 heterocycles. The Morgan fingerprint density at radius 2 is 1.85 bits per heavy atom. The number of fused-ring (bicyclic) bond motifs is 1. The lowest BCUT2D eigenvalue weighted by Crippen LogP contribution is -2.31. The molecule has 2 aromatic carbocycles. The molecule has 0 aliphatic heterocycles. The van der Waals surface area contributed by atoms with Gasteiger partial charge in [-0.3, -0.25) is 24.8 Å². The highest BCUT2D eigenvalue weighted by Gasteiger charge is 2.30. The van der Waals surface area contributed by atoms with Crippen molar-refractivity contribution in [3.8, 4) is 17.2 Å². The summed E-state index contributed by atoms with van der Waals surface area (Å²) in [4.78, 5) is 35.1. The fourth-order valence-electron chi connectivity index (χ4n) is 3.37. The average Bonchev–Trinajstić information content (AvgIpc) is 3.29. The number of ether oxygens (including phenoxy) is 3. The fraction of sp³-hybridized carbons (Fsp3) is 0.174. The Morgan fingerprint density at radius 3 is 2.50 bits per heavy atom. The molecule has 0 N–H and O–H groups in total. The first-order chi connectivity index (χ1) is 16.4. The van der Waals surface area contributed by atoms with Crippen LogP contribution < -0.4 is 19.1 Å². The number of nitro groups is 1. The molecule has 0 spiro atoms. The van der Waals surface area contributed by atoms with Crippen molar-refractivity contribution in [1.82, 2.24) is 9.97 Å². The highest BCUT2D eigenvalue weighted by atomic mass is 32.1. The Balaban J connectivity index is 1.86. The van der Waals surface area contributed by atoms with E-state index in [0.29, 0.717) is 16.4 Å². The van der Waals surface area contributed by atoms with Crippen LogP contribution in [0.4, 0.5) is 10.8 Å². The molecule has 1 amide bonds. The number of amides is 1. The molecule has 10 nitrogen and oxygen atoms in total. The van der Waals surface area contributed by atoms with Crippen LogP contribution in [0.3, 0.4) is 0 Å². The Morgan fingerprint density at radius 1 is 1.09 bits per heavy atom. The molecule has 0 unspecified atom stereocenters. The third kappa shape index (κ3) is 4.46. The van der Waals surface area contributed by atoms with Crippen molar-refractivity contribution < 1.29 is 23.9 Å². The van der Waals surface area contributed by atoms with Gasteiger partial charge in [0.15, 0.2) is 16.6 Å². The van der Waals surface area contributed by atoms with Crippen LogP contribution >= 0.6 is 11.3 Å². The van der Waals surface area contributed by atoms with Crippen LogP contribution in [0.2, 0.25) is 0 Å². The van der Waals surface area contributed by atoms with E-state index in [-0.39, 0.29) is 23.6 Å². The highest BCUT2D eigenvalue weighted by molar-refractivity contribution is 7.22. The predicted molar refractivity (Wildman–Crippen MR) is 127 cm³/mol. The first-order valence-electron chi connectivity index (χ1n) is 10.0. The van der Waals surface area contributed by atoms with Gasteiger partial charge in [0, 0.05) is 18.5 Å². The van der Waals surface area contributed by atoms with E-state index in [1.165, 1.54) is 42.6 Å². The van der Waals surface area contributed by atoms with E-state index in [2.05, 4.69) is 9.97 Å². The smallest absolute Gasteiger partial charge is 0.286 e. The summed E-state index contributed by atoms with van der Waals surface area (Å²) < 4.78 is 16.6. The minimum absolute atomic E-state index is 0.106. The summed E-state index contributed by atoms with van der Waals surface area (Å²) in [6.45, 7) is 0.106. The predicted octanol–water partition coefficient (Wildman–Crippen LogP) is 4.47. The number of hydrogen-bond donors (Lipinski definition) is 0. The lowest BCUT2D eigenvalue weighted by Gasteiger charge is -2.20. The molecule has 11 heteroatoms. The number of pyridine rings is 1. The second-order valence-corrected chi connectivity index (χ2v) is 8.07.